The third-order valence-corrected chi connectivity index (χ3v) is 5.48. The highest BCUT2D eigenvalue weighted by atomic mass is 32.1. The van der Waals surface area contributed by atoms with Crippen molar-refractivity contribution < 1.29 is 14.4 Å². The van der Waals surface area contributed by atoms with Gasteiger partial charge in [-0.3, -0.25) is 19.7 Å². The molecule has 1 aliphatic rings. The molecule has 1 aliphatic heterocycles. The Morgan fingerprint density at radius 1 is 1.07 bits per heavy atom. The molecular weight excluding hydrogens is 376 g/mol. The second-order valence-electron chi connectivity index (χ2n) is 6.30. The number of nitrogens with one attached hydrogen (secondary N) is 1. The number of imide groups is 1. The number of benzene rings is 2. The third kappa shape index (κ3) is 2.97. The fourth-order valence-electron chi connectivity index (χ4n) is 3.03. The molecule has 2 heterocycles. The largest absolute Gasteiger partial charge is 0.296 e. The number of para-hydroxylation sites is 1. The van der Waals surface area contributed by atoms with Crippen LogP contribution in [0, 0.1) is 6.92 Å². The normalized spacial score (nSPS) is 13.0. The number of hydrogen-bond acceptors (Lipinski definition) is 6. The molecule has 3 amide bonds. The number of fused-ring (bicyclic) bond motifs is 1. The van der Waals surface area contributed by atoms with Gasteiger partial charge in [-0.2, -0.15) is 0 Å². The van der Waals surface area contributed by atoms with Gasteiger partial charge in [0.2, 0.25) is 5.13 Å². The summed E-state index contributed by atoms with van der Waals surface area (Å²) in [5, 5.41) is 11.8. The molecule has 1 N–H and O–H groups in total. The topological polar surface area (TPSA) is 92.3 Å². The van der Waals surface area contributed by atoms with Crippen molar-refractivity contribution in [2.75, 3.05) is 10.2 Å². The Balaban J connectivity index is 1.63. The van der Waals surface area contributed by atoms with Gasteiger partial charge in [0, 0.05) is 5.56 Å². The van der Waals surface area contributed by atoms with Gasteiger partial charge < -0.3 is 0 Å². The summed E-state index contributed by atoms with van der Waals surface area (Å²) in [5.41, 5.74) is 2.14. The van der Waals surface area contributed by atoms with Gasteiger partial charge in [0.25, 0.3) is 17.7 Å². The molecule has 0 unspecified atom stereocenters. The van der Waals surface area contributed by atoms with Crippen LogP contribution in [0.25, 0.3) is 0 Å². The molecule has 0 fully saturated rings. The van der Waals surface area contributed by atoms with Crippen molar-refractivity contribution in [2.45, 2.75) is 20.3 Å². The molecule has 140 valence electrons. The first-order chi connectivity index (χ1) is 13.5. The first-order valence-corrected chi connectivity index (χ1v) is 9.53. The van der Waals surface area contributed by atoms with Gasteiger partial charge in [-0.1, -0.05) is 36.5 Å². The maximum atomic E-state index is 12.9. The number of amides is 3. The number of hydrogen-bond donors (Lipinski definition) is 1. The first kappa shape index (κ1) is 18.0. The molecule has 0 atom stereocenters. The van der Waals surface area contributed by atoms with Gasteiger partial charge in [-0.05, 0) is 43.2 Å². The van der Waals surface area contributed by atoms with Gasteiger partial charge in [0.05, 0.1) is 16.8 Å². The standard InChI is InChI=1S/C20H16N4O3S/c1-3-16-22-23-20(28-16)21-17(25)12-8-9-13-14(10-12)19(27)24(18(13)26)15-7-5-4-6-11(15)2/h4-10H,3H2,1-2H3,(H,21,23,25). The Morgan fingerprint density at radius 3 is 2.54 bits per heavy atom. The lowest BCUT2D eigenvalue weighted by Crippen LogP contribution is -2.29. The third-order valence-electron chi connectivity index (χ3n) is 4.49. The number of aryl methyl sites for hydroxylation is 2. The van der Waals surface area contributed by atoms with E-state index in [0.29, 0.717) is 10.8 Å². The van der Waals surface area contributed by atoms with Crippen molar-refractivity contribution in [2.24, 2.45) is 0 Å². The predicted octanol–water partition coefficient (Wildman–Crippen LogP) is 3.46. The monoisotopic (exact) mass is 392 g/mol. The molecule has 2 aromatic carbocycles. The lowest BCUT2D eigenvalue weighted by molar-refractivity contribution is 0.0925. The average molecular weight is 392 g/mol. The molecule has 0 saturated carbocycles. The van der Waals surface area contributed by atoms with Crippen molar-refractivity contribution in [3.63, 3.8) is 0 Å². The quantitative estimate of drug-likeness (QED) is 0.687. The second-order valence-corrected chi connectivity index (χ2v) is 7.36. The van der Waals surface area contributed by atoms with E-state index in [4.69, 9.17) is 0 Å². The predicted molar refractivity (Wildman–Crippen MR) is 106 cm³/mol. The molecule has 28 heavy (non-hydrogen) atoms. The Bertz CT molecular complexity index is 1120. The van der Waals surface area contributed by atoms with Gasteiger partial charge in [0.1, 0.15) is 5.01 Å². The van der Waals surface area contributed by atoms with Crippen molar-refractivity contribution in [1.82, 2.24) is 10.2 Å². The zero-order valence-corrected chi connectivity index (χ0v) is 16.0. The number of carbonyl (C=O) groups excluding carboxylic acids is 3. The summed E-state index contributed by atoms with van der Waals surface area (Å²) in [6.07, 6.45) is 0.734. The average Bonchev–Trinajstić information content (AvgIpc) is 3.25. The van der Waals surface area contributed by atoms with Crippen molar-refractivity contribution in [3.05, 3.63) is 69.7 Å². The molecular formula is C20H16N4O3S. The van der Waals surface area contributed by atoms with E-state index in [2.05, 4.69) is 15.5 Å². The van der Waals surface area contributed by atoms with E-state index in [9.17, 15) is 14.4 Å². The minimum absolute atomic E-state index is 0.215. The zero-order valence-electron chi connectivity index (χ0n) is 15.2. The fraction of sp³-hybridized carbons (Fsp3) is 0.150. The zero-order chi connectivity index (χ0) is 19.8. The molecule has 0 radical (unpaired) electrons. The summed E-state index contributed by atoms with van der Waals surface area (Å²) in [4.78, 5) is 39.3. The van der Waals surface area contributed by atoms with E-state index in [1.807, 2.05) is 26.0 Å². The van der Waals surface area contributed by atoms with E-state index in [-0.39, 0.29) is 16.7 Å². The number of anilines is 2. The molecule has 0 saturated heterocycles. The Hall–Kier alpha value is -3.39. The summed E-state index contributed by atoms with van der Waals surface area (Å²) in [7, 11) is 0. The van der Waals surface area contributed by atoms with Gasteiger partial charge >= 0.3 is 0 Å². The summed E-state index contributed by atoms with van der Waals surface area (Å²) in [6.45, 7) is 3.79. The summed E-state index contributed by atoms with van der Waals surface area (Å²) < 4.78 is 0. The first-order valence-electron chi connectivity index (χ1n) is 8.71. The van der Waals surface area contributed by atoms with Crippen LogP contribution in [0.15, 0.2) is 42.5 Å². The van der Waals surface area contributed by atoms with Gasteiger partial charge in [-0.15, -0.1) is 10.2 Å². The molecule has 8 heteroatoms. The summed E-state index contributed by atoms with van der Waals surface area (Å²) >= 11 is 1.30. The van der Waals surface area contributed by atoms with Crippen LogP contribution in [0.2, 0.25) is 0 Å². The van der Waals surface area contributed by atoms with Crippen LogP contribution in [-0.2, 0) is 6.42 Å². The van der Waals surface area contributed by atoms with E-state index in [1.165, 1.54) is 29.5 Å². The van der Waals surface area contributed by atoms with Crippen LogP contribution in [0.4, 0.5) is 10.8 Å². The highest BCUT2D eigenvalue weighted by molar-refractivity contribution is 7.15. The van der Waals surface area contributed by atoms with Crippen LogP contribution in [-0.4, -0.2) is 27.9 Å². The maximum Gasteiger partial charge on any atom is 0.266 e. The van der Waals surface area contributed by atoms with Crippen LogP contribution in [0.1, 0.15) is 48.6 Å². The number of aromatic nitrogens is 2. The second kappa shape index (κ2) is 6.97. The molecule has 0 aliphatic carbocycles. The van der Waals surface area contributed by atoms with Crippen LogP contribution in [0.5, 0.6) is 0 Å². The molecule has 0 bridgehead atoms. The summed E-state index contributed by atoms with van der Waals surface area (Å²) in [5.74, 6) is -1.23. The summed E-state index contributed by atoms with van der Waals surface area (Å²) in [6, 6.07) is 11.7. The minimum atomic E-state index is -0.437. The Morgan fingerprint density at radius 2 is 1.82 bits per heavy atom. The Kier molecular flexibility index (Phi) is 4.48. The lowest BCUT2D eigenvalue weighted by atomic mass is 10.1. The SMILES string of the molecule is CCc1nnc(NC(=O)c2ccc3c(c2)C(=O)N(c2ccccc2C)C3=O)s1. The van der Waals surface area contributed by atoms with Crippen molar-refractivity contribution in [1.29, 1.82) is 0 Å². The number of nitrogens with zero attached hydrogens (tertiary/aromatic N) is 3. The van der Waals surface area contributed by atoms with Crippen LogP contribution < -0.4 is 10.2 Å². The van der Waals surface area contributed by atoms with E-state index < -0.39 is 17.7 Å². The van der Waals surface area contributed by atoms with Crippen LogP contribution in [0.3, 0.4) is 0 Å². The molecule has 7 nitrogen and oxygen atoms in total. The smallest absolute Gasteiger partial charge is 0.266 e. The number of carbonyl (C=O) groups is 3. The van der Waals surface area contributed by atoms with Crippen LogP contribution >= 0.6 is 11.3 Å². The minimum Gasteiger partial charge on any atom is -0.296 e. The highest BCUT2D eigenvalue weighted by Gasteiger charge is 2.37. The van der Waals surface area contributed by atoms with E-state index in [0.717, 1.165) is 21.9 Å². The number of rotatable bonds is 4. The van der Waals surface area contributed by atoms with E-state index in [1.54, 1.807) is 12.1 Å². The molecule has 4 rings (SSSR count). The van der Waals surface area contributed by atoms with E-state index >= 15 is 0 Å². The molecule has 3 aromatic rings. The fourth-order valence-corrected chi connectivity index (χ4v) is 3.71. The van der Waals surface area contributed by atoms with Crippen molar-refractivity contribution in [3.8, 4) is 0 Å². The molecule has 1 aromatic heterocycles. The maximum absolute atomic E-state index is 12.9. The van der Waals surface area contributed by atoms with Gasteiger partial charge in [-0.25, -0.2) is 4.90 Å². The molecule has 0 spiro atoms. The lowest BCUT2D eigenvalue weighted by Gasteiger charge is -2.16. The highest BCUT2D eigenvalue weighted by Crippen LogP contribution is 2.31. The van der Waals surface area contributed by atoms with Gasteiger partial charge in [0.15, 0.2) is 0 Å². The van der Waals surface area contributed by atoms with Crippen molar-refractivity contribution >= 4 is 39.9 Å². The Labute approximate surface area is 165 Å².